The minimum atomic E-state index is 0.385. The van der Waals surface area contributed by atoms with Gasteiger partial charge in [0.05, 0.1) is 24.7 Å². The van der Waals surface area contributed by atoms with Crippen LogP contribution in [0.2, 0.25) is 0 Å². The molecule has 1 aromatic heterocycles. The van der Waals surface area contributed by atoms with Crippen molar-refractivity contribution in [1.82, 2.24) is 9.66 Å². The van der Waals surface area contributed by atoms with Gasteiger partial charge in [-0.25, -0.2) is 9.66 Å². The third-order valence-corrected chi connectivity index (χ3v) is 3.13. The van der Waals surface area contributed by atoms with E-state index in [2.05, 4.69) is 17.0 Å². The third kappa shape index (κ3) is 4.08. The number of nitrogens with zero attached hydrogens (tertiary/aromatic N) is 3. The Hall–Kier alpha value is -2.30. The molecule has 0 fully saturated rings. The number of ether oxygens (including phenoxy) is 1. The Morgan fingerprint density at radius 3 is 2.86 bits per heavy atom. The molecule has 1 heterocycles. The molecule has 0 saturated heterocycles. The second-order valence-electron chi connectivity index (χ2n) is 5.06. The molecule has 21 heavy (non-hydrogen) atoms. The summed E-state index contributed by atoms with van der Waals surface area (Å²) in [5.41, 5.74) is 8.69. The molecule has 2 N–H and O–H groups in total. The fraction of sp³-hybridized carbons (Fsp3) is 0.375. The summed E-state index contributed by atoms with van der Waals surface area (Å²) in [6, 6.07) is 6.03. The van der Waals surface area contributed by atoms with E-state index in [9.17, 15) is 0 Å². The van der Waals surface area contributed by atoms with Crippen LogP contribution in [-0.2, 0) is 0 Å². The molecule has 0 amide bonds. The number of benzene rings is 1. The number of imidazole rings is 1. The SMILES string of the molecule is CCCCOc1cc(C=Nn2cc(C)nc2N)ccc1C. The number of nitrogen functional groups attached to an aromatic ring is 1. The van der Waals surface area contributed by atoms with Crippen LogP contribution in [0.4, 0.5) is 5.95 Å². The predicted molar refractivity (Wildman–Crippen MR) is 86.0 cm³/mol. The van der Waals surface area contributed by atoms with Crippen molar-refractivity contribution in [3.63, 3.8) is 0 Å². The number of aromatic nitrogens is 2. The van der Waals surface area contributed by atoms with Crippen LogP contribution >= 0.6 is 0 Å². The first-order valence-electron chi connectivity index (χ1n) is 7.19. The molecule has 2 aromatic rings. The Morgan fingerprint density at radius 2 is 2.19 bits per heavy atom. The average Bonchev–Trinajstić information content (AvgIpc) is 2.78. The maximum Gasteiger partial charge on any atom is 0.221 e. The van der Waals surface area contributed by atoms with Gasteiger partial charge in [-0.05, 0) is 37.5 Å². The van der Waals surface area contributed by atoms with Gasteiger partial charge in [0.2, 0.25) is 5.95 Å². The number of aryl methyl sites for hydroxylation is 2. The van der Waals surface area contributed by atoms with Crippen molar-refractivity contribution >= 4 is 12.2 Å². The van der Waals surface area contributed by atoms with E-state index in [0.717, 1.165) is 42.0 Å². The molecule has 0 aliphatic heterocycles. The maximum absolute atomic E-state index is 5.79. The van der Waals surface area contributed by atoms with Crippen molar-refractivity contribution in [3.8, 4) is 5.75 Å². The standard InChI is InChI=1S/C16H22N4O/c1-4-5-8-21-15-9-14(7-6-12(15)2)10-18-20-11-13(3)19-16(20)17/h6-7,9-11H,4-5,8H2,1-3H3,(H2,17,19). The average molecular weight is 286 g/mol. The number of hydrogen-bond donors (Lipinski definition) is 1. The first kappa shape index (κ1) is 15.1. The Morgan fingerprint density at radius 1 is 1.38 bits per heavy atom. The van der Waals surface area contributed by atoms with Crippen LogP contribution in [0.25, 0.3) is 0 Å². The number of hydrogen-bond acceptors (Lipinski definition) is 4. The van der Waals surface area contributed by atoms with E-state index in [1.807, 2.05) is 32.0 Å². The molecule has 0 unspecified atom stereocenters. The van der Waals surface area contributed by atoms with Gasteiger partial charge in [-0.1, -0.05) is 25.5 Å². The predicted octanol–water partition coefficient (Wildman–Crippen LogP) is 3.14. The van der Waals surface area contributed by atoms with E-state index in [4.69, 9.17) is 10.5 Å². The molecule has 5 nitrogen and oxygen atoms in total. The highest BCUT2D eigenvalue weighted by molar-refractivity contribution is 5.80. The van der Waals surface area contributed by atoms with Crippen molar-refractivity contribution in [2.24, 2.45) is 5.10 Å². The zero-order valence-electron chi connectivity index (χ0n) is 12.8. The monoisotopic (exact) mass is 286 g/mol. The topological polar surface area (TPSA) is 65.4 Å². The lowest BCUT2D eigenvalue weighted by Crippen LogP contribution is -2.00. The van der Waals surface area contributed by atoms with Crippen LogP contribution in [0.3, 0.4) is 0 Å². The molecule has 5 heteroatoms. The van der Waals surface area contributed by atoms with Crippen LogP contribution in [0.5, 0.6) is 5.75 Å². The van der Waals surface area contributed by atoms with Gasteiger partial charge in [-0.15, -0.1) is 0 Å². The van der Waals surface area contributed by atoms with Gasteiger partial charge in [0.25, 0.3) is 0 Å². The highest BCUT2D eigenvalue weighted by Gasteiger charge is 2.02. The molecule has 0 spiro atoms. The molecule has 0 atom stereocenters. The smallest absolute Gasteiger partial charge is 0.221 e. The van der Waals surface area contributed by atoms with Gasteiger partial charge >= 0.3 is 0 Å². The van der Waals surface area contributed by atoms with Crippen LogP contribution < -0.4 is 10.5 Å². The zero-order chi connectivity index (χ0) is 15.2. The molecule has 0 radical (unpaired) electrons. The Labute approximate surface area is 125 Å². The van der Waals surface area contributed by atoms with Crippen molar-refractivity contribution in [2.45, 2.75) is 33.6 Å². The number of anilines is 1. The fourth-order valence-corrected chi connectivity index (χ4v) is 1.90. The minimum absolute atomic E-state index is 0.385. The van der Waals surface area contributed by atoms with Gasteiger partial charge in [-0.3, -0.25) is 0 Å². The lowest BCUT2D eigenvalue weighted by atomic mass is 10.1. The summed E-state index contributed by atoms with van der Waals surface area (Å²) in [5.74, 6) is 1.29. The highest BCUT2D eigenvalue weighted by atomic mass is 16.5. The Balaban J connectivity index is 2.13. The summed E-state index contributed by atoms with van der Waals surface area (Å²) >= 11 is 0. The summed E-state index contributed by atoms with van der Waals surface area (Å²) in [5, 5.41) is 4.31. The molecule has 0 aliphatic rings. The van der Waals surface area contributed by atoms with Crippen molar-refractivity contribution in [3.05, 3.63) is 41.2 Å². The van der Waals surface area contributed by atoms with E-state index in [0.29, 0.717) is 5.95 Å². The summed E-state index contributed by atoms with van der Waals surface area (Å²) in [6.07, 6.45) is 5.73. The number of rotatable bonds is 6. The summed E-state index contributed by atoms with van der Waals surface area (Å²) in [7, 11) is 0. The van der Waals surface area contributed by atoms with Crippen LogP contribution in [0, 0.1) is 13.8 Å². The van der Waals surface area contributed by atoms with E-state index in [1.54, 1.807) is 17.1 Å². The summed E-state index contributed by atoms with van der Waals surface area (Å²) < 4.78 is 7.35. The molecular weight excluding hydrogens is 264 g/mol. The van der Waals surface area contributed by atoms with Crippen LogP contribution in [0.15, 0.2) is 29.5 Å². The first-order chi connectivity index (χ1) is 10.1. The van der Waals surface area contributed by atoms with E-state index in [1.165, 1.54) is 0 Å². The van der Waals surface area contributed by atoms with Gasteiger partial charge in [0, 0.05) is 0 Å². The van der Waals surface area contributed by atoms with Gasteiger partial charge < -0.3 is 10.5 Å². The summed E-state index contributed by atoms with van der Waals surface area (Å²) in [6.45, 7) is 6.82. The molecule has 1 aromatic carbocycles. The first-order valence-corrected chi connectivity index (χ1v) is 7.19. The molecular formula is C16H22N4O. The third-order valence-electron chi connectivity index (χ3n) is 3.13. The Kier molecular flexibility index (Phi) is 4.98. The van der Waals surface area contributed by atoms with Gasteiger partial charge in [-0.2, -0.15) is 5.10 Å². The maximum atomic E-state index is 5.79. The van der Waals surface area contributed by atoms with E-state index in [-0.39, 0.29) is 0 Å². The van der Waals surface area contributed by atoms with Gasteiger partial charge in [0.1, 0.15) is 5.75 Å². The molecule has 0 saturated carbocycles. The van der Waals surface area contributed by atoms with Crippen LogP contribution in [0.1, 0.15) is 36.6 Å². The quantitative estimate of drug-likeness (QED) is 0.655. The molecule has 2 rings (SSSR count). The molecule has 0 aliphatic carbocycles. The highest BCUT2D eigenvalue weighted by Crippen LogP contribution is 2.19. The molecule has 0 bridgehead atoms. The second-order valence-corrected chi connectivity index (χ2v) is 5.06. The fourth-order valence-electron chi connectivity index (χ4n) is 1.90. The second kappa shape index (κ2) is 6.92. The largest absolute Gasteiger partial charge is 0.493 e. The minimum Gasteiger partial charge on any atom is -0.493 e. The van der Waals surface area contributed by atoms with E-state index >= 15 is 0 Å². The van der Waals surface area contributed by atoms with Crippen molar-refractivity contribution in [2.75, 3.05) is 12.3 Å². The number of nitrogens with two attached hydrogens (primary N) is 1. The molecule has 112 valence electrons. The van der Waals surface area contributed by atoms with E-state index < -0.39 is 0 Å². The summed E-state index contributed by atoms with van der Waals surface area (Å²) in [4.78, 5) is 4.11. The lowest BCUT2D eigenvalue weighted by Gasteiger charge is -2.09. The van der Waals surface area contributed by atoms with Crippen molar-refractivity contribution < 1.29 is 4.74 Å². The zero-order valence-corrected chi connectivity index (χ0v) is 12.8. The lowest BCUT2D eigenvalue weighted by molar-refractivity contribution is 0.307. The van der Waals surface area contributed by atoms with Crippen molar-refractivity contribution in [1.29, 1.82) is 0 Å². The number of unbranched alkanes of at least 4 members (excludes halogenated alkanes) is 1. The normalized spacial score (nSPS) is 11.2. The van der Waals surface area contributed by atoms with Crippen LogP contribution in [-0.4, -0.2) is 22.5 Å². The van der Waals surface area contributed by atoms with Gasteiger partial charge in [0.15, 0.2) is 0 Å². The Bertz CT molecular complexity index is 631.